The van der Waals surface area contributed by atoms with Crippen molar-refractivity contribution >= 4 is 38.6 Å². The molecule has 0 radical (unpaired) electrons. The zero-order valence-corrected chi connectivity index (χ0v) is 12.7. The molecular formula is C11H14INO4S. The lowest BCUT2D eigenvalue weighted by molar-refractivity contribution is -0.141. The Morgan fingerprint density at radius 1 is 1.39 bits per heavy atom. The van der Waals surface area contributed by atoms with Gasteiger partial charge in [0.2, 0.25) is 10.0 Å². The summed E-state index contributed by atoms with van der Waals surface area (Å²) in [5, 5.41) is 8.68. The third kappa shape index (κ3) is 4.54. The Labute approximate surface area is 120 Å². The van der Waals surface area contributed by atoms with E-state index in [1.165, 1.54) is 12.1 Å². The molecule has 100 valence electrons. The normalized spacial score (nSPS) is 13.2. The van der Waals surface area contributed by atoms with Crippen LogP contribution in [0, 0.1) is 9.49 Å². The maximum absolute atomic E-state index is 11.8. The molecule has 0 spiro atoms. The van der Waals surface area contributed by atoms with Crippen molar-refractivity contribution in [3.05, 3.63) is 27.8 Å². The molecular weight excluding hydrogens is 369 g/mol. The molecule has 0 heterocycles. The fraction of sp³-hybridized carbons (Fsp3) is 0.364. The lowest BCUT2D eigenvalue weighted by Crippen LogP contribution is -2.27. The molecule has 7 heteroatoms. The minimum absolute atomic E-state index is 0.113. The SMILES string of the molecule is CC(CCNS(=O)(=O)c1ccc(I)cc1)C(=O)O. The first-order chi connectivity index (χ1) is 8.33. The summed E-state index contributed by atoms with van der Waals surface area (Å²) in [5.74, 6) is -1.49. The predicted molar refractivity (Wildman–Crippen MR) is 75.8 cm³/mol. The number of sulfonamides is 1. The molecule has 0 aliphatic carbocycles. The lowest BCUT2D eigenvalue weighted by Gasteiger charge is -2.08. The number of carboxylic acids is 1. The Morgan fingerprint density at radius 2 is 1.94 bits per heavy atom. The maximum atomic E-state index is 11.8. The minimum Gasteiger partial charge on any atom is -0.481 e. The molecule has 1 atom stereocenters. The highest BCUT2D eigenvalue weighted by molar-refractivity contribution is 14.1. The molecule has 0 saturated carbocycles. The molecule has 0 aromatic heterocycles. The van der Waals surface area contributed by atoms with Crippen LogP contribution in [0.5, 0.6) is 0 Å². The summed E-state index contributed by atoms with van der Waals surface area (Å²) in [5.41, 5.74) is 0. The summed E-state index contributed by atoms with van der Waals surface area (Å²) in [6.45, 7) is 1.66. The predicted octanol–water partition coefficient (Wildman–Crippen LogP) is 1.68. The molecule has 1 unspecified atom stereocenters. The van der Waals surface area contributed by atoms with Gasteiger partial charge in [-0.3, -0.25) is 4.79 Å². The first kappa shape index (κ1) is 15.4. The monoisotopic (exact) mass is 383 g/mol. The van der Waals surface area contributed by atoms with Crippen LogP contribution in [-0.4, -0.2) is 26.0 Å². The van der Waals surface area contributed by atoms with E-state index >= 15 is 0 Å². The van der Waals surface area contributed by atoms with Crippen molar-refractivity contribution < 1.29 is 18.3 Å². The molecule has 0 aliphatic heterocycles. The van der Waals surface area contributed by atoms with Crippen LogP contribution in [0.15, 0.2) is 29.2 Å². The molecule has 0 aliphatic rings. The van der Waals surface area contributed by atoms with E-state index in [-0.39, 0.29) is 17.9 Å². The Balaban J connectivity index is 2.60. The number of hydrogen-bond donors (Lipinski definition) is 2. The van der Waals surface area contributed by atoms with E-state index in [1.54, 1.807) is 19.1 Å². The van der Waals surface area contributed by atoms with Crippen LogP contribution in [0.1, 0.15) is 13.3 Å². The summed E-state index contributed by atoms with van der Waals surface area (Å²) < 4.78 is 27.0. The number of nitrogens with one attached hydrogen (secondary N) is 1. The van der Waals surface area contributed by atoms with E-state index in [0.29, 0.717) is 0 Å². The van der Waals surface area contributed by atoms with Crippen molar-refractivity contribution in [1.29, 1.82) is 0 Å². The molecule has 2 N–H and O–H groups in total. The molecule has 0 bridgehead atoms. The van der Waals surface area contributed by atoms with Crippen LogP contribution in [0.2, 0.25) is 0 Å². The minimum atomic E-state index is -3.54. The van der Waals surface area contributed by atoms with Gasteiger partial charge in [0.25, 0.3) is 0 Å². The van der Waals surface area contributed by atoms with E-state index in [9.17, 15) is 13.2 Å². The average molecular weight is 383 g/mol. The van der Waals surface area contributed by atoms with E-state index in [2.05, 4.69) is 27.3 Å². The van der Waals surface area contributed by atoms with Crippen molar-refractivity contribution in [2.45, 2.75) is 18.2 Å². The second-order valence-electron chi connectivity index (χ2n) is 3.88. The molecule has 1 aromatic carbocycles. The Morgan fingerprint density at radius 3 is 2.44 bits per heavy atom. The Hall–Kier alpha value is -0.670. The van der Waals surface area contributed by atoms with Gasteiger partial charge < -0.3 is 5.11 Å². The van der Waals surface area contributed by atoms with Crippen LogP contribution in [0.25, 0.3) is 0 Å². The van der Waals surface area contributed by atoms with Crippen molar-refractivity contribution in [1.82, 2.24) is 4.72 Å². The van der Waals surface area contributed by atoms with Gasteiger partial charge >= 0.3 is 5.97 Å². The molecule has 1 aromatic rings. The number of aliphatic carboxylic acids is 1. The summed E-state index contributed by atoms with van der Waals surface area (Å²) in [6.07, 6.45) is 0.263. The van der Waals surface area contributed by atoms with E-state index in [4.69, 9.17) is 5.11 Å². The standard InChI is InChI=1S/C11H14INO4S/c1-8(11(14)15)6-7-13-18(16,17)10-4-2-9(12)3-5-10/h2-5,8,13H,6-7H2,1H3,(H,14,15). The number of carbonyl (C=O) groups is 1. The smallest absolute Gasteiger partial charge is 0.306 e. The highest BCUT2D eigenvalue weighted by Crippen LogP contribution is 2.12. The molecule has 0 fully saturated rings. The molecule has 0 amide bonds. The van der Waals surface area contributed by atoms with Crippen molar-refractivity contribution in [3.8, 4) is 0 Å². The van der Waals surface area contributed by atoms with Gasteiger partial charge in [-0.2, -0.15) is 0 Å². The number of halogens is 1. The third-order valence-electron chi connectivity index (χ3n) is 2.41. The number of rotatable bonds is 6. The summed E-state index contributed by atoms with van der Waals surface area (Å²) in [4.78, 5) is 10.8. The Kier molecular flexibility index (Phi) is 5.54. The fourth-order valence-electron chi connectivity index (χ4n) is 1.23. The van der Waals surface area contributed by atoms with Crippen molar-refractivity contribution in [3.63, 3.8) is 0 Å². The summed E-state index contributed by atoms with van der Waals surface area (Å²) in [6, 6.07) is 6.44. The van der Waals surface area contributed by atoms with Crippen molar-refractivity contribution in [2.75, 3.05) is 6.54 Å². The van der Waals surface area contributed by atoms with E-state index in [1.807, 2.05) is 0 Å². The largest absolute Gasteiger partial charge is 0.481 e. The average Bonchev–Trinajstić information content (AvgIpc) is 2.29. The first-order valence-corrected chi connectivity index (χ1v) is 7.87. The summed E-state index contributed by atoms with van der Waals surface area (Å²) >= 11 is 2.09. The highest BCUT2D eigenvalue weighted by atomic mass is 127. The second-order valence-corrected chi connectivity index (χ2v) is 6.89. The zero-order chi connectivity index (χ0) is 13.8. The second kappa shape index (κ2) is 6.48. The topological polar surface area (TPSA) is 83.5 Å². The van der Waals surface area contributed by atoms with Gasteiger partial charge in [-0.05, 0) is 53.3 Å². The lowest BCUT2D eigenvalue weighted by atomic mass is 10.1. The van der Waals surface area contributed by atoms with Crippen LogP contribution < -0.4 is 4.72 Å². The van der Waals surface area contributed by atoms with Crippen LogP contribution in [0.3, 0.4) is 0 Å². The van der Waals surface area contributed by atoms with Gasteiger partial charge in [0, 0.05) is 10.1 Å². The molecule has 18 heavy (non-hydrogen) atoms. The van der Waals surface area contributed by atoms with E-state index < -0.39 is 21.9 Å². The van der Waals surface area contributed by atoms with Gasteiger partial charge in [-0.1, -0.05) is 6.92 Å². The first-order valence-electron chi connectivity index (χ1n) is 5.31. The van der Waals surface area contributed by atoms with Crippen molar-refractivity contribution in [2.24, 2.45) is 5.92 Å². The Bertz CT molecular complexity index is 512. The summed E-state index contributed by atoms with van der Waals surface area (Å²) in [7, 11) is -3.54. The molecule has 5 nitrogen and oxygen atoms in total. The van der Waals surface area contributed by atoms with Gasteiger partial charge in [-0.15, -0.1) is 0 Å². The third-order valence-corrected chi connectivity index (χ3v) is 4.61. The van der Waals surface area contributed by atoms with Gasteiger partial charge in [-0.25, -0.2) is 13.1 Å². The number of hydrogen-bond acceptors (Lipinski definition) is 3. The quantitative estimate of drug-likeness (QED) is 0.733. The van der Waals surface area contributed by atoms with Gasteiger partial charge in [0.1, 0.15) is 0 Å². The van der Waals surface area contributed by atoms with Crippen LogP contribution in [-0.2, 0) is 14.8 Å². The highest BCUT2D eigenvalue weighted by Gasteiger charge is 2.15. The van der Waals surface area contributed by atoms with Gasteiger partial charge in [0.05, 0.1) is 10.8 Å². The maximum Gasteiger partial charge on any atom is 0.306 e. The van der Waals surface area contributed by atoms with Crippen LogP contribution >= 0.6 is 22.6 Å². The van der Waals surface area contributed by atoms with Crippen LogP contribution in [0.4, 0.5) is 0 Å². The number of carboxylic acid groups (broad SMARTS) is 1. The van der Waals surface area contributed by atoms with E-state index in [0.717, 1.165) is 3.57 Å². The number of benzene rings is 1. The van der Waals surface area contributed by atoms with Gasteiger partial charge in [0.15, 0.2) is 0 Å². The zero-order valence-electron chi connectivity index (χ0n) is 9.76. The fourth-order valence-corrected chi connectivity index (χ4v) is 2.64. The molecule has 1 rings (SSSR count). The molecule has 0 saturated heterocycles.